The van der Waals surface area contributed by atoms with Gasteiger partial charge in [-0.1, -0.05) is 13.8 Å². The summed E-state index contributed by atoms with van der Waals surface area (Å²) in [5.41, 5.74) is 1.03. The van der Waals surface area contributed by atoms with E-state index in [-0.39, 0.29) is 0 Å². The molecule has 1 N–H and O–H groups in total. The summed E-state index contributed by atoms with van der Waals surface area (Å²) in [5, 5.41) is 3.44. The minimum atomic E-state index is 0.560. The molecule has 1 atom stereocenters. The zero-order chi connectivity index (χ0) is 19.8. The molecular weight excluding hydrogens is 342 g/mol. The third-order valence-electron chi connectivity index (χ3n) is 4.86. The zero-order valence-electron chi connectivity index (χ0n) is 17.7. The molecule has 1 fully saturated rings. The van der Waals surface area contributed by atoms with E-state index in [0.717, 1.165) is 43.0 Å². The molecule has 0 bridgehead atoms. The monoisotopic (exact) mass is 377 g/mol. The highest BCUT2D eigenvalue weighted by atomic mass is 16.5. The van der Waals surface area contributed by atoms with Gasteiger partial charge in [-0.05, 0) is 49.3 Å². The molecule has 1 aliphatic rings. The summed E-state index contributed by atoms with van der Waals surface area (Å²) in [4.78, 5) is 7.25. The predicted molar refractivity (Wildman–Crippen MR) is 110 cm³/mol. The minimum absolute atomic E-state index is 0.560. The Bertz CT molecular complexity index is 606. The van der Waals surface area contributed by atoms with E-state index in [1.807, 2.05) is 12.1 Å². The van der Waals surface area contributed by atoms with E-state index >= 15 is 0 Å². The summed E-state index contributed by atoms with van der Waals surface area (Å²) < 4.78 is 16.3. The van der Waals surface area contributed by atoms with Crippen LogP contribution in [0.1, 0.15) is 39.2 Å². The van der Waals surface area contributed by atoms with Gasteiger partial charge < -0.3 is 24.4 Å². The van der Waals surface area contributed by atoms with Gasteiger partial charge in [-0.15, -0.1) is 0 Å². The molecule has 1 aromatic rings. The molecule has 1 aliphatic heterocycles. The van der Waals surface area contributed by atoms with Crippen LogP contribution in [0.15, 0.2) is 17.1 Å². The number of aliphatic imine (C=N–C) groups is 1. The summed E-state index contributed by atoms with van der Waals surface area (Å²) in [6.45, 7) is 10.3. The molecule has 6 heteroatoms. The number of hydrogen-bond acceptors (Lipinski definition) is 4. The van der Waals surface area contributed by atoms with Crippen LogP contribution < -0.4 is 19.5 Å². The predicted octanol–water partition coefficient (Wildman–Crippen LogP) is 3.55. The first-order chi connectivity index (χ1) is 13.0. The maximum Gasteiger partial charge on any atom is 0.203 e. The second-order valence-corrected chi connectivity index (χ2v) is 7.43. The topological polar surface area (TPSA) is 55.3 Å². The van der Waals surface area contributed by atoms with E-state index in [1.165, 1.54) is 12.8 Å². The third kappa shape index (κ3) is 5.68. The van der Waals surface area contributed by atoms with Crippen molar-refractivity contribution in [3.63, 3.8) is 0 Å². The summed E-state index contributed by atoms with van der Waals surface area (Å²) >= 11 is 0. The molecular formula is C21H35N3O3. The lowest BCUT2D eigenvalue weighted by Crippen LogP contribution is -2.40. The van der Waals surface area contributed by atoms with Crippen LogP contribution in [-0.4, -0.2) is 51.8 Å². The van der Waals surface area contributed by atoms with Crippen molar-refractivity contribution in [2.75, 3.05) is 41.0 Å². The Morgan fingerprint density at radius 2 is 1.85 bits per heavy atom. The number of methoxy groups -OCH3 is 3. The fourth-order valence-electron chi connectivity index (χ4n) is 3.70. The van der Waals surface area contributed by atoms with E-state index in [9.17, 15) is 0 Å². The van der Waals surface area contributed by atoms with Gasteiger partial charge in [-0.2, -0.15) is 0 Å². The Morgan fingerprint density at radius 1 is 1.19 bits per heavy atom. The van der Waals surface area contributed by atoms with Crippen LogP contribution in [0.4, 0.5) is 0 Å². The van der Waals surface area contributed by atoms with Crippen molar-refractivity contribution < 1.29 is 14.2 Å². The SMILES string of the molecule is CCNC(=NCc1cc(OC)c(OC)c(OC)c1)N1CCC(CC(C)C)C1. The molecule has 0 radical (unpaired) electrons. The fraction of sp³-hybridized carbons (Fsp3) is 0.667. The average molecular weight is 378 g/mol. The van der Waals surface area contributed by atoms with Crippen LogP contribution in [0.2, 0.25) is 0 Å². The van der Waals surface area contributed by atoms with Crippen molar-refractivity contribution in [2.24, 2.45) is 16.8 Å². The van der Waals surface area contributed by atoms with Crippen molar-refractivity contribution in [3.05, 3.63) is 17.7 Å². The molecule has 152 valence electrons. The van der Waals surface area contributed by atoms with Crippen molar-refractivity contribution in [1.82, 2.24) is 10.2 Å². The number of benzene rings is 1. The first-order valence-electron chi connectivity index (χ1n) is 9.84. The van der Waals surface area contributed by atoms with Crippen LogP contribution >= 0.6 is 0 Å². The third-order valence-corrected chi connectivity index (χ3v) is 4.86. The lowest BCUT2D eigenvalue weighted by atomic mass is 9.97. The van der Waals surface area contributed by atoms with Crippen molar-refractivity contribution in [2.45, 2.75) is 40.2 Å². The second-order valence-electron chi connectivity index (χ2n) is 7.43. The molecule has 1 saturated heterocycles. The number of nitrogens with one attached hydrogen (secondary N) is 1. The summed E-state index contributed by atoms with van der Waals surface area (Å²) in [6.07, 6.45) is 2.52. The first kappa shape index (κ1) is 21.2. The van der Waals surface area contributed by atoms with Gasteiger partial charge in [0, 0.05) is 19.6 Å². The summed E-state index contributed by atoms with van der Waals surface area (Å²) in [6, 6.07) is 3.92. The molecule has 0 amide bonds. The van der Waals surface area contributed by atoms with Gasteiger partial charge in [-0.3, -0.25) is 0 Å². The molecule has 0 aliphatic carbocycles. The van der Waals surface area contributed by atoms with Crippen LogP contribution in [0, 0.1) is 11.8 Å². The minimum Gasteiger partial charge on any atom is -0.493 e. The van der Waals surface area contributed by atoms with Crippen molar-refractivity contribution in [3.8, 4) is 17.2 Å². The zero-order valence-corrected chi connectivity index (χ0v) is 17.7. The fourth-order valence-corrected chi connectivity index (χ4v) is 3.70. The van der Waals surface area contributed by atoms with Crippen LogP contribution in [-0.2, 0) is 6.54 Å². The highest BCUT2D eigenvalue weighted by molar-refractivity contribution is 5.80. The van der Waals surface area contributed by atoms with Crippen LogP contribution in [0.25, 0.3) is 0 Å². The Labute approximate surface area is 163 Å². The number of guanidine groups is 1. The number of hydrogen-bond donors (Lipinski definition) is 1. The molecule has 0 spiro atoms. The quantitative estimate of drug-likeness (QED) is 0.555. The Balaban J connectivity index is 2.15. The second kappa shape index (κ2) is 10.3. The molecule has 0 saturated carbocycles. The lowest BCUT2D eigenvalue weighted by molar-refractivity contribution is 0.324. The van der Waals surface area contributed by atoms with E-state index in [2.05, 4.69) is 31.0 Å². The smallest absolute Gasteiger partial charge is 0.203 e. The molecule has 2 rings (SSSR count). The summed E-state index contributed by atoms with van der Waals surface area (Å²) in [7, 11) is 4.88. The van der Waals surface area contributed by atoms with Gasteiger partial charge in [0.15, 0.2) is 17.5 Å². The Hall–Kier alpha value is -2.11. The van der Waals surface area contributed by atoms with Crippen LogP contribution in [0.5, 0.6) is 17.2 Å². The van der Waals surface area contributed by atoms with E-state index in [1.54, 1.807) is 21.3 Å². The van der Waals surface area contributed by atoms with E-state index in [4.69, 9.17) is 19.2 Å². The Morgan fingerprint density at radius 3 is 2.37 bits per heavy atom. The highest BCUT2D eigenvalue weighted by Crippen LogP contribution is 2.38. The van der Waals surface area contributed by atoms with Crippen molar-refractivity contribution in [1.29, 1.82) is 0 Å². The number of rotatable bonds is 8. The average Bonchev–Trinajstić information content (AvgIpc) is 3.11. The first-order valence-corrected chi connectivity index (χ1v) is 9.84. The van der Waals surface area contributed by atoms with Gasteiger partial charge in [-0.25, -0.2) is 4.99 Å². The normalized spacial score (nSPS) is 17.4. The van der Waals surface area contributed by atoms with Gasteiger partial charge in [0.25, 0.3) is 0 Å². The van der Waals surface area contributed by atoms with Gasteiger partial charge in [0.05, 0.1) is 27.9 Å². The largest absolute Gasteiger partial charge is 0.493 e. The molecule has 6 nitrogen and oxygen atoms in total. The van der Waals surface area contributed by atoms with Gasteiger partial charge in [0.1, 0.15) is 0 Å². The number of likely N-dealkylation sites (tertiary alicyclic amines) is 1. The summed E-state index contributed by atoms with van der Waals surface area (Å²) in [5.74, 6) is 4.41. The number of ether oxygens (including phenoxy) is 3. The molecule has 1 heterocycles. The van der Waals surface area contributed by atoms with E-state index < -0.39 is 0 Å². The Kier molecular flexibility index (Phi) is 8.07. The van der Waals surface area contributed by atoms with Gasteiger partial charge in [0.2, 0.25) is 5.75 Å². The van der Waals surface area contributed by atoms with E-state index in [0.29, 0.717) is 23.8 Å². The number of nitrogens with zero attached hydrogens (tertiary/aromatic N) is 2. The standard InChI is InChI=1S/C21H35N3O3/c1-7-22-21(24-9-8-16(14-24)10-15(2)3)23-13-17-11-18(25-4)20(27-6)19(12-17)26-5/h11-12,15-16H,7-10,13-14H2,1-6H3,(H,22,23). The molecule has 1 unspecified atom stereocenters. The maximum absolute atomic E-state index is 5.44. The van der Waals surface area contributed by atoms with Crippen LogP contribution in [0.3, 0.4) is 0 Å². The molecule has 27 heavy (non-hydrogen) atoms. The highest BCUT2D eigenvalue weighted by Gasteiger charge is 2.25. The maximum atomic E-state index is 5.44. The molecule has 1 aromatic carbocycles. The van der Waals surface area contributed by atoms with Crippen molar-refractivity contribution >= 4 is 5.96 Å². The molecule has 0 aromatic heterocycles. The lowest BCUT2D eigenvalue weighted by Gasteiger charge is -2.22. The van der Waals surface area contributed by atoms with Gasteiger partial charge >= 0.3 is 0 Å².